The lowest BCUT2D eigenvalue weighted by Crippen LogP contribution is -2.44. The third-order valence-electron chi connectivity index (χ3n) is 5.14. The number of hydrogen-bond acceptors (Lipinski definition) is 3. The van der Waals surface area contributed by atoms with Crippen molar-refractivity contribution in [2.75, 3.05) is 25.5 Å². The molecule has 2 amide bonds. The Bertz CT molecular complexity index is 570. The number of amides is 2. The van der Waals surface area contributed by atoms with Gasteiger partial charge >= 0.3 is 6.09 Å². The lowest BCUT2D eigenvalue weighted by atomic mass is 9.75. The summed E-state index contributed by atoms with van der Waals surface area (Å²) in [5.74, 6) is 1.60. The summed E-state index contributed by atoms with van der Waals surface area (Å²) >= 11 is 0. The van der Waals surface area contributed by atoms with Gasteiger partial charge in [-0.2, -0.15) is 0 Å². The van der Waals surface area contributed by atoms with Gasteiger partial charge in [-0.3, -0.25) is 10.1 Å². The van der Waals surface area contributed by atoms with Crippen LogP contribution in [-0.4, -0.2) is 37.1 Å². The Kier molecular flexibility index (Phi) is 4.84. The van der Waals surface area contributed by atoms with Crippen molar-refractivity contribution in [1.82, 2.24) is 4.90 Å². The number of methoxy groups -OCH3 is 1. The van der Waals surface area contributed by atoms with E-state index in [2.05, 4.69) is 10.1 Å². The first-order valence-electron chi connectivity index (χ1n) is 8.41. The summed E-state index contributed by atoms with van der Waals surface area (Å²) in [4.78, 5) is 25.8. The van der Waals surface area contributed by atoms with Gasteiger partial charge in [0.15, 0.2) is 0 Å². The smallest absolute Gasteiger partial charge is 0.411 e. The van der Waals surface area contributed by atoms with Crippen molar-refractivity contribution < 1.29 is 14.3 Å². The van der Waals surface area contributed by atoms with Gasteiger partial charge in [-0.05, 0) is 48.9 Å². The Hall–Kier alpha value is -2.04. The Balaban J connectivity index is 1.62. The van der Waals surface area contributed by atoms with Gasteiger partial charge in [-0.25, -0.2) is 4.79 Å². The molecule has 124 valence electrons. The van der Waals surface area contributed by atoms with Crippen molar-refractivity contribution in [2.45, 2.75) is 32.1 Å². The summed E-state index contributed by atoms with van der Waals surface area (Å²) < 4.78 is 4.55. The predicted molar refractivity (Wildman–Crippen MR) is 88.4 cm³/mol. The molecular weight excluding hydrogens is 292 g/mol. The van der Waals surface area contributed by atoms with Gasteiger partial charge in [0.25, 0.3) is 5.91 Å². The molecule has 2 aliphatic rings. The highest BCUT2D eigenvalue weighted by molar-refractivity contribution is 5.95. The number of nitrogens with zero attached hydrogens (tertiary/aromatic N) is 1. The fraction of sp³-hybridized carbons (Fsp3) is 0.556. The molecule has 0 unspecified atom stereocenters. The second-order valence-electron chi connectivity index (χ2n) is 6.54. The molecule has 1 saturated heterocycles. The van der Waals surface area contributed by atoms with Crippen LogP contribution in [0.25, 0.3) is 0 Å². The van der Waals surface area contributed by atoms with Gasteiger partial charge in [0.2, 0.25) is 0 Å². The van der Waals surface area contributed by atoms with Gasteiger partial charge in [-0.1, -0.05) is 19.3 Å². The van der Waals surface area contributed by atoms with Crippen LogP contribution < -0.4 is 5.32 Å². The van der Waals surface area contributed by atoms with Crippen LogP contribution in [0.4, 0.5) is 10.5 Å². The minimum Gasteiger partial charge on any atom is -0.453 e. The van der Waals surface area contributed by atoms with Crippen LogP contribution in [0.5, 0.6) is 0 Å². The number of likely N-dealkylation sites (tertiary alicyclic amines) is 1. The van der Waals surface area contributed by atoms with Crippen molar-refractivity contribution in [2.24, 2.45) is 11.8 Å². The van der Waals surface area contributed by atoms with Crippen LogP contribution in [0.15, 0.2) is 24.3 Å². The van der Waals surface area contributed by atoms with Gasteiger partial charge < -0.3 is 9.64 Å². The number of carbonyl (C=O) groups excluding carboxylic acids is 2. The number of hydrogen-bond donors (Lipinski definition) is 1. The molecule has 1 aromatic rings. The predicted octanol–water partition coefficient (Wildman–Crippen LogP) is 3.52. The van der Waals surface area contributed by atoms with E-state index in [0.29, 0.717) is 17.2 Å². The maximum Gasteiger partial charge on any atom is 0.411 e. The third-order valence-corrected chi connectivity index (χ3v) is 5.14. The average molecular weight is 316 g/mol. The summed E-state index contributed by atoms with van der Waals surface area (Å²) in [6.07, 6.45) is 5.87. The van der Waals surface area contributed by atoms with Gasteiger partial charge in [-0.15, -0.1) is 0 Å². The number of piperidine rings is 1. The van der Waals surface area contributed by atoms with Crippen molar-refractivity contribution in [3.63, 3.8) is 0 Å². The van der Waals surface area contributed by atoms with E-state index >= 15 is 0 Å². The highest BCUT2D eigenvalue weighted by Crippen LogP contribution is 2.36. The van der Waals surface area contributed by atoms with E-state index in [-0.39, 0.29) is 5.91 Å². The molecule has 5 nitrogen and oxygen atoms in total. The zero-order valence-corrected chi connectivity index (χ0v) is 13.6. The molecule has 2 fully saturated rings. The molecule has 5 heteroatoms. The number of fused-ring (bicyclic) bond motifs is 1. The van der Waals surface area contributed by atoms with E-state index in [1.165, 1.54) is 32.8 Å². The molecule has 2 atom stereocenters. The van der Waals surface area contributed by atoms with Crippen LogP contribution in [-0.2, 0) is 4.74 Å². The van der Waals surface area contributed by atoms with Crippen LogP contribution in [0.2, 0.25) is 0 Å². The summed E-state index contributed by atoms with van der Waals surface area (Å²) in [6.45, 7) is 1.76. The van der Waals surface area contributed by atoms with E-state index in [9.17, 15) is 9.59 Å². The largest absolute Gasteiger partial charge is 0.453 e. The monoisotopic (exact) mass is 316 g/mol. The summed E-state index contributed by atoms with van der Waals surface area (Å²) in [6, 6.07) is 7.00. The SMILES string of the molecule is COC(=O)Nc1ccc(C(=O)N2CC[C@H]3CCCC[C@H]3C2)cc1. The van der Waals surface area contributed by atoms with Crippen molar-refractivity contribution in [3.8, 4) is 0 Å². The fourth-order valence-electron chi connectivity index (χ4n) is 3.83. The maximum atomic E-state index is 12.7. The second kappa shape index (κ2) is 7.02. The normalized spacial score (nSPS) is 23.8. The number of ether oxygens (including phenoxy) is 1. The lowest BCUT2D eigenvalue weighted by Gasteiger charge is -2.41. The van der Waals surface area contributed by atoms with Gasteiger partial charge in [0.05, 0.1) is 7.11 Å². The van der Waals surface area contributed by atoms with Gasteiger partial charge in [0.1, 0.15) is 0 Å². The number of rotatable bonds is 2. The van der Waals surface area contributed by atoms with E-state index in [4.69, 9.17) is 0 Å². The van der Waals surface area contributed by atoms with Crippen LogP contribution >= 0.6 is 0 Å². The number of nitrogens with one attached hydrogen (secondary N) is 1. The molecule has 3 rings (SSSR count). The third kappa shape index (κ3) is 3.66. The molecule has 0 radical (unpaired) electrons. The summed E-state index contributed by atoms with van der Waals surface area (Å²) in [7, 11) is 1.32. The van der Waals surface area contributed by atoms with E-state index in [0.717, 1.165) is 25.4 Å². The first-order valence-corrected chi connectivity index (χ1v) is 8.41. The number of benzene rings is 1. The van der Waals surface area contributed by atoms with E-state index in [1.54, 1.807) is 24.3 Å². The molecule has 1 N–H and O–H groups in total. The molecule has 0 spiro atoms. The zero-order chi connectivity index (χ0) is 16.2. The van der Waals surface area contributed by atoms with Crippen LogP contribution in [0, 0.1) is 11.8 Å². The number of carbonyl (C=O) groups is 2. The molecule has 1 aliphatic heterocycles. The molecule has 23 heavy (non-hydrogen) atoms. The Labute approximate surface area is 137 Å². The molecule has 0 aromatic heterocycles. The summed E-state index contributed by atoms with van der Waals surface area (Å²) in [5, 5.41) is 2.59. The van der Waals surface area contributed by atoms with Gasteiger partial charge in [0, 0.05) is 24.3 Å². The maximum absolute atomic E-state index is 12.7. The minimum absolute atomic E-state index is 0.0960. The molecule has 1 aromatic carbocycles. The topological polar surface area (TPSA) is 58.6 Å². The van der Waals surface area contributed by atoms with Crippen LogP contribution in [0.1, 0.15) is 42.5 Å². The van der Waals surface area contributed by atoms with E-state index in [1.807, 2.05) is 4.90 Å². The molecule has 1 aliphatic carbocycles. The molecule has 1 saturated carbocycles. The first-order chi connectivity index (χ1) is 11.2. The standard InChI is InChI=1S/C18H24N2O3/c1-23-18(22)19-16-8-6-14(7-9-16)17(21)20-11-10-13-4-2-3-5-15(13)12-20/h6-9,13,15H,2-5,10-12H2,1H3,(H,19,22)/t13-,15+/m1/s1. The average Bonchev–Trinajstić information content (AvgIpc) is 2.61. The molecular formula is C18H24N2O3. The summed E-state index contributed by atoms with van der Waals surface area (Å²) in [5.41, 5.74) is 1.30. The van der Waals surface area contributed by atoms with Crippen molar-refractivity contribution in [1.29, 1.82) is 0 Å². The lowest BCUT2D eigenvalue weighted by molar-refractivity contribution is 0.0521. The number of anilines is 1. The highest BCUT2D eigenvalue weighted by Gasteiger charge is 2.33. The van der Waals surface area contributed by atoms with Crippen molar-refractivity contribution >= 4 is 17.7 Å². The van der Waals surface area contributed by atoms with Crippen LogP contribution in [0.3, 0.4) is 0 Å². The Morgan fingerprint density at radius 2 is 1.78 bits per heavy atom. The van der Waals surface area contributed by atoms with E-state index < -0.39 is 6.09 Å². The second-order valence-corrected chi connectivity index (χ2v) is 6.54. The zero-order valence-electron chi connectivity index (χ0n) is 13.6. The first kappa shape index (κ1) is 15.8. The fourth-order valence-corrected chi connectivity index (χ4v) is 3.83. The molecule has 0 bridgehead atoms. The minimum atomic E-state index is -0.511. The Morgan fingerprint density at radius 1 is 1.09 bits per heavy atom. The Morgan fingerprint density at radius 3 is 2.48 bits per heavy atom. The highest BCUT2D eigenvalue weighted by atomic mass is 16.5. The quantitative estimate of drug-likeness (QED) is 0.908. The molecule has 1 heterocycles. The van der Waals surface area contributed by atoms with Crippen molar-refractivity contribution in [3.05, 3.63) is 29.8 Å².